The molecule has 0 aliphatic heterocycles. The van der Waals surface area contributed by atoms with Crippen molar-refractivity contribution in [2.45, 2.75) is 32.6 Å². The minimum Gasteiger partial charge on any atom is -0.507 e. The third kappa shape index (κ3) is 4.20. The second-order valence-corrected chi connectivity index (χ2v) is 6.73. The zero-order valence-electron chi connectivity index (χ0n) is 13.9. The summed E-state index contributed by atoms with van der Waals surface area (Å²) < 4.78 is 6.34. The van der Waals surface area contributed by atoms with Gasteiger partial charge in [-0.1, -0.05) is 19.8 Å². The quantitative estimate of drug-likeness (QED) is 0.535. The Morgan fingerprint density at radius 3 is 2.84 bits per heavy atom. The number of rotatable bonds is 6. The van der Waals surface area contributed by atoms with Crippen molar-refractivity contribution in [1.29, 1.82) is 0 Å². The summed E-state index contributed by atoms with van der Waals surface area (Å²) in [6, 6.07) is 10.5. The molecule has 0 radical (unpaired) electrons. The van der Waals surface area contributed by atoms with E-state index >= 15 is 0 Å². The summed E-state index contributed by atoms with van der Waals surface area (Å²) in [6.45, 7) is 2.11. The molecule has 0 aliphatic rings. The van der Waals surface area contributed by atoms with Gasteiger partial charge in [-0.25, -0.2) is 4.98 Å². The number of aromatic hydroxyl groups is 1. The van der Waals surface area contributed by atoms with Crippen molar-refractivity contribution >= 4 is 38.6 Å². The zero-order valence-corrected chi connectivity index (χ0v) is 15.5. The van der Waals surface area contributed by atoms with Crippen LogP contribution in [0.5, 0.6) is 5.75 Å². The summed E-state index contributed by atoms with van der Waals surface area (Å²) in [7, 11) is 0. The highest BCUT2D eigenvalue weighted by Gasteiger charge is 2.11. The van der Waals surface area contributed by atoms with Gasteiger partial charge < -0.3 is 14.8 Å². The van der Waals surface area contributed by atoms with Crippen LogP contribution in [0.3, 0.4) is 0 Å². The first-order valence-electron chi connectivity index (χ1n) is 8.26. The first-order valence-corrected chi connectivity index (χ1v) is 9.05. The van der Waals surface area contributed by atoms with Crippen LogP contribution in [0.2, 0.25) is 0 Å². The Bertz CT molecular complexity index is 905. The molecule has 0 saturated carbocycles. The fraction of sp³-hybridized carbons (Fsp3) is 0.263. The lowest BCUT2D eigenvalue weighted by molar-refractivity contribution is -0.116. The predicted molar refractivity (Wildman–Crippen MR) is 102 cm³/mol. The third-order valence-corrected chi connectivity index (χ3v) is 4.51. The van der Waals surface area contributed by atoms with Gasteiger partial charge >= 0.3 is 0 Å². The molecule has 1 aromatic heterocycles. The van der Waals surface area contributed by atoms with Gasteiger partial charge in [-0.2, -0.15) is 0 Å². The Morgan fingerprint density at radius 2 is 2.08 bits per heavy atom. The number of carbonyl (C=O) groups is 1. The van der Waals surface area contributed by atoms with Crippen molar-refractivity contribution in [2.24, 2.45) is 0 Å². The van der Waals surface area contributed by atoms with Crippen molar-refractivity contribution in [2.75, 3.05) is 5.32 Å². The van der Waals surface area contributed by atoms with Crippen LogP contribution in [0.4, 0.5) is 5.69 Å². The number of benzene rings is 2. The Labute approximate surface area is 154 Å². The van der Waals surface area contributed by atoms with Crippen molar-refractivity contribution < 1.29 is 14.3 Å². The number of halogens is 1. The van der Waals surface area contributed by atoms with E-state index in [0.29, 0.717) is 33.6 Å². The van der Waals surface area contributed by atoms with Gasteiger partial charge in [0.05, 0.1) is 4.47 Å². The van der Waals surface area contributed by atoms with Crippen molar-refractivity contribution in [3.8, 4) is 17.2 Å². The number of fused-ring (bicyclic) bond motifs is 1. The number of unbranched alkanes of at least 4 members (excludes halogenated alkanes) is 2. The molecule has 25 heavy (non-hydrogen) atoms. The van der Waals surface area contributed by atoms with Gasteiger partial charge in [0.1, 0.15) is 11.3 Å². The summed E-state index contributed by atoms with van der Waals surface area (Å²) >= 11 is 3.28. The van der Waals surface area contributed by atoms with E-state index in [1.54, 1.807) is 30.3 Å². The number of anilines is 1. The standard InChI is InChI=1S/C19H19BrN2O3/c1-2-3-4-5-18(24)21-13-7-9-17-15(11-13)22-19(25-17)12-6-8-16(23)14(20)10-12/h6-11,23H,2-5H2,1H3,(H,21,24). The Morgan fingerprint density at radius 1 is 1.24 bits per heavy atom. The smallest absolute Gasteiger partial charge is 0.227 e. The van der Waals surface area contributed by atoms with Gasteiger partial charge in [0.25, 0.3) is 0 Å². The molecule has 5 nitrogen and oxygen atoms in total. The van der Waals surface area contributed by atoms with E-state index < -0.39 is 0 Å². The summed E-state index contributed by atoms with van der Waals surface area (Å²) in [5, 5.41) is 12.5. The van der Waals surface area contributed by atoms with E-state index in [0.717, 1.165) is 24.8 Å². The maximum atomic E-state index is 11.9. The zero-order chi connectivity index (χ0) is 17.8. The lowest BCUT2D eigenvalue weighted by atomic mass is 10.2. The fourth-order valence-corrected chi connectivity index (χ4v) is 2.91. The van der Waals surface area contributed by atoms with E-state index in [-0.39, 0.29) is 11.7 Å². The molecule has 0 atom stereocenters. The lowest BCUT2D eigenvalue weighted by Gasteiger charge is -2.04. The number of phenols is 1. The number of aromatic nitrogens is 1. The van der Waals surface area contributed by atoms with Crippen LogP contribution >= 0.6 is 15.9 Å². The average Bonchev–Trinajstić information content (AvgIpc) is 3.01. The minimum absolute atomic E-state index is 0.0129. The van der Waals surface area contributed by atoms with Crippen LogP contribution in [0, 0.1) is 0 Å². The van der Waals surface area contributed by atoms with Crippen LogP contribution in [0.25, 0.3) is 22.6 Å². The molecule has 0 unspecified atom stereocenters. The van der Waals surface area contributed by atoms with Gasteiger partial charge in [0.2, 0.25) is 11.8 Å². The predicted octanol–water partition coefficient (Wildman–Crippen LogP) is 5.48. The molecule has 3 aromatic rings. The van der Waals surface area contributed by atoms with E-state index in [1.165, 1.54) is 0 Å². The highest BCUT2D eigenvalue weighted by Crippen LogP contribution is 2.31. The number of carbonyl (C=O) groups excluding carboxylic acids is 1. The summed E-state index contributed by atoms with van der Waals surface area (Å²) in [4.78, 5) is 16.4. The lowest BCUT2D eigenvalue weighted by Crippen LogP contribution is -2.10. The molecule has 1 amide bonds. The van der Waals surface area contributed by atoms with E-state index in [2.05, 4.69) is 33.2 Å². The molecule has 2 aromatic carbocycles. The highest BCUT2D eigenvalue weighted by molar-refractivity contribution is 9.10. The molecular formula is C19H19BrN2O3. The summed E-state index contributed by atoms with van der Waals surface area (Å²) in [5.41, 5.74) is 2.78. The molecule has 0 fully saturated rings. The van der Waals surface area contributed by atoms with Gasteiger partial charge in [0.15, 0.2) is 5.58 Å². The molecule has 1 heterocycles. The molecule has 0 saturated heterocycles. The van der Waals surface area contributed by atoms with Crippen molar-refractivity contribution in [3.05, 3.63) is 40.9 Å². The molecule has 3 rings (SSSR count). The number of phenolic OH excluding ortho intramolecular Hbond substituents is 1. The second-order valence-electron chi connectivity index (χ2n) is 5.87. The number of hydrogen-bond donors (Lipinski definition) is 2. The van der Waals surface area contributed by atoms with E-state index in [1.807, 2.05) is 6.07 Å². The summed E-state index contributed by atoms with van der Waals surface area (Å²) in [6.07, 6.45) is 3.57. The molecule has 0 spiro atoms. The Hall–Kier alpha value is -2.34. The minimum atomic E-state index is 0.0129. The molecule has 2 N–H and O–H groups in total. The fourth-order valence-electron chi connectivity index (χ4n) is 2.53. The van der Waals surface area contributed by atoms with Crippen LogP contribution in [-0.2, 0) is 4.79 Å². The normalized spacial score (nSPS) is 11.0. The largest absolute Gasteiger partial charge is 0.507 e. The van der Waals surface area contributed by atoms with Crippen LogP contribution in [0.1, 0.15) is 32.6 Å². The monoisotopic (exact) mass is 402 g/mol. The van der Waals surface area contributed by atoms with Crippen LogP contribution < -0.4 is 5.32 Å². The average molecular weight is 403 g/mol. The van der Waals surface area contributed by atoms with Crippen LogP contribution in [-0.4, -0.2) is 16.0 Å². The molecule has 130 valence electrons. The maximum absolute atomic E-state index is 11.9. The highest BCUT2D eigenvalue weighted by atomic mass is 79.9. The number of amides is 1. The van der Waals surface area contributed by atoms with Gasteiger partial charge in [-0.3, -0.25) is 4.79 Å². The number of nitrogens with zero attached hydrogens (tertiary/aromatic N) is 1. The number of oxazole rings is 1. The van der Waals surface area contributed by atoms with E-state index in [4.69, 9.17) is 4.42 Å². The first kappa shape index (κ1) is 17.5. The maximum Gasteiger partial charge on any atom is 0.227 e. The van der Waals surface area contributed by atoms with Gasteiger partial charge in [-0.05, 0) is 58.7 Å². The number of nitrogens with one attached hydrogen (secondary N) is 1. The topological polar surface area (TPSA) is 75.4 Å². The molecule has 6 heteroatoms. The van der Waals surface area contributed by atoms with Gasteiger partial charge in [-0.15, -0.1) is 0 Å². The van der Waals surface area contributed by atoms with Crippen molar-refractivity contribution in [3.63, 3.8) is 0 Å². The van der Waals surface area contributed by atoms with Crippen LogP contribution in [0.15, 0.2) is 45.3 Å². The molecule has 0 bridgehead atoms. The Kier molecular flexibility index (Phi) is 5.38. The van der Waals surface area contributed by atoms with Crippen molar-refractivity contribution in [1.82, 2.24) is 4.98 Å². The Balaban J connectivity index is 1.79. The van der Waals surface area contributed by atoms with Gasteiger partial charge in [0, 0.05) is 17.7 Å². The van der Waals surface area contributed by atoms with E-state index in [9.17, 15) is 9.90 Å². The first-order chi connectivity index (χ1) is 12.1. The third-order valence-electron chi connectivity index (χ3n) is 3.87. The second kappa shape index (κ2) is 7.70. The number of hydrogen-bond acceptors (Lipinski definition) is 4. The summed E-state index contributed by atoms with van der Waals surface area (Å²) in [5.74, 6) is 0.633. The molecular weight excluding hydrogens is 384 g/mol. The SMILES string of the molecule is CCCCCC(=O)Nc1ccc2oc(-c3ccc(O)c(Br)c3)nc2c1. The molecule has 0 aliphatic carbocycles.